The van der Waals surface area contributed by atoms with Gasteiger partial charge in [0.1, 0.15) is 5.75 Å². The van der Waals surface area contributed by atoms with Crippen LogP contribution in [0.2, 0.25) is 0 Å². The number of carbonyl (C=O) groups is 2. The molecule has 0 aliphatic carbocycles. The third kappa shape index (κ3) is 4.17. The van der Waals surface area contributed by atoms with Crippen molar-refractivity contribution in [2.75, 3.05) is 11.9 Å². The molecule has 3 N–H and O–H groups in total. The van der Waals surface area contributed by atoms with Crippen molar-refractivity contribution in [2.45, 2.75) is 19.9 Å². The minimum absolute atomic E-state index is 0.116. The molecule has 0 saturated carbocycles. The van der Waals surface area contributed by atoms with Gasteiger partial charge in [-0.3, -0.25) is 14.9 Å². The van der Waals surface area contributed by atoms with E-state index in [0.717, 1.165) is 6.07 Å². The van der Waals surface area contributed by atoms with Crippen molar-refractivity contribution in [2.24, 2.45) is 0 Å². The molecule has 3 amide bonds. The Morgan fingerprint density at radius 1 is 1.27 bits per heavy atom. The zero-order valence-corrected chi connectivity index (χ0v) is 16.2. The molecule has 1 aliphatic heterocycles. The Bertz CT molecular complexity index is 1040. The number of rotatable bonds is 6. The Balaban J connectivity index is 2.07. The molecule has 1 atom stereocenters. The number of nitrogens with one attached hydrogen (secondary N) is 3. The maximum Gasteiger partial charge on any atom is 0.319 e. The van der Waals surface area contributed by atoms with E-state index >= 15 is 0 Å². The highest BCUT2D eigenvalue weighted by Crippen LogP contribution is 2.39. The monoisotopic (exact) mass is 411 g/mol. The molecule has 0 unspecified atom stereocenters. The molecular formula is C20H19N4O6-. The van der Waals surface area contributed by atoms with Crippen molar-refractivity contribution in [1.29, 1.82) is 0 Å². The number of para-hydroxylation sites is 1. The smallest absolute Gasteiger partial charge is 0.319 e. The molecule has 0 saturated heterocycles. The van der Waals surface area contributed by atoms with E-state index in [0.29, 0.717) is 5.69 Å². The number of ether oxygens (including phenoxy) is 1. The average Bonchev–Trinajstić information content (AvgIpc) is 2.69. The van der Waals surface area contributed by atoms with E-state index in [1.165, 1.54) is 6.07 Å². The summed E-state index contributed by atoms with van der Waals surface area (Å²) in [6.45, 7) is 3.29. The molecule has 10 heteroatoms. The summed E-state index contributed by atoms with van der Waals surface area (Å²) >= 11 is 0. The minimum Gasteiger partial charge on any atom is -0.865 e. The van der Waals surface area contributed by atoms with Crippen LogP contribution in [0, 0.1) is 10.1 Å². The number of nitro groups is 1. The van der Waals surface area contributed by atoms with Gasteiger partial charge in [-0.2, -0.15) is 0 Å². The van der Waals surface area contributed by atoms with Crippen molar-refractivity contribution in [3.05, 3.63) is 69.4 Å². The minimum atomic E-state index is -1.03. The van der Waals surface area contributed by atoms with Gasteiger partial charge in [-0.05, 0) is 37.6 Å². The Hall–Kier alpha value is -4.08. The lowest BCUT2D eigenvalue weighted by Crippen LogP contribution is -2.46. The summed E-state index contributed by atoms with van der Waals surface area (Å²) in [6, 6.07) is 9.43. The van der Waals surface area contributed by atoms with Gasteiger partial charge in [-0.1, -0.05) is 18.2 Å². The summed E-state index contributed by atoms with van der Waals surface area (Å²) in [4.78, 5) is 35.6. The van der Waals surface area contributed by atoms with Crippen LogP contribution in [0.1, 0.15) is 25.5 Å². The summed E-state index contributed by atoms with van der Waals surface area (Å²) in [5, 5.41) is 31.5. The zero-order valence-electron chi connectivity index (χ0n) is 16.2. The Morgan fingerprint density at radius 3 is 2.60 bits per heavy atom. The van der Waals surface area contributed by atoms with Crippen LogP contribution >= 0.6 is 0 Å². The number of hydrogen-bond donors (Lipinski definition) is 3. The highest BCUT2D eigenvalue weighted by atomic mass is 16.6. The number of allylic oxidation sites excluding steroid dienone is 1. The van der Waals surface area contributed by atoms with Gasteiger partial charge in [0.25, 0.3) is 11.6 Å². The van der Waals surface area contributed by atoms with Crippen LogP contribution in [0.4, 0.5) is 16.2 Å². The summed E-state index contributed by atoms with van der Waals surface area (Å²) in [7, 11) is 0. The molecule has 0 bridgehead atoms. The third-order valence-corrected chi connectivity index (χ3v) is 4.43. The molecule has 0 fully saturated rings. The van der Waals surface area contributed by atoms with Crippen LogP contribution in [-0.4, -0.2) is 23.5 Å². The van der Waals surface area contributed by atoms with Gasteiger partial charge in [0.05, 0.1) is 23.1 Å². The molecule has 2 aromatic rings. The van der Waals surface area contributed by atoms with Crippen LogP contribution < -0.4 is 25.8 Å². The predicted molar refractivity (Wildman–Crippen MR) is 106 cm³/mol. The second-order valence-electron chi connectivity index (χ2n) is 6.45. The summed E-state index contributed by atoms with van der Waals surface area (Å²) < 4.78 is 5.24. The molecule has 0 spiro atoms. The van der Waals surface area contributed by atoms with Gasteiger partial charge in [0.15, 0.2) is 0 Å². The third-order valence-electron chi connectivity index (χ3n) is 4.43. The quantitative estimate of drug-likeness (QED) is 0.491. The normalized spacial score (nSPS) is 15.8. The van der Waals surface area contributed by atoms with Gasteiger partial charge >= 0.3 is 6.03 Å². The first-order chi connectivity index (χ1) is 14.3. The number of urea groups is 1. The van der Waals surface area contributed by atoms with Crippen molar-refractivity contribution in [3.63, 3.8) is 0 Å². The summed E-state index contributed by atoms with van der Waals surface area (Å²) in [5.41, 5.74) is 0.438. The lowest BCUT2D eigenvalue weighted by molar-refractivity contribution is -0.398. The van der Waals surface area contributed by atoms with Gasteiger partial charge in [-0.15, -0.1) is 0 Å². The van der Waals surface area contributed by atoms with E-state index in [4.69, 9.17) is 4.74 Å². The van der Waals surface area contributed by atoms with Crippen molar-refractivity contribution >= 4 is 23.3 Å². The van der Waals surface area contributed by atoms with E-state index in [1.54, 1.807) is 44.2 Å². The number of nitrogens with zero attached hydrogens (tertiary/aromatic N) is 1. The fraction of sp³-hybridized carbons (Fsp3) is 0.200. The second-order valence-corrected chi connectivity index (χ2v) is 6.45. The number of nitro benzene ring substituents is 1. The number of hydrogen-bond acceptors (Lipinski definition) is 6. The first-order valence-electron chi connectivity index (χ1n) is 9.08. The fourth-order valence-electron chi connectivity index (χ4n) is 3.14. The first-order valence-corrected chi connectivity index (χ1v) is 9.08. The molecule has 0 radical (unpaired) electrons. The van der Waals surface area contributed by atoms with E-state index in [2.05, 4.69) is 16.0 Å². The Kier molecular flexibility index (Phi) is 5.86. The lowest BCUT2D eigenvalue weighted by atomic mass is 9.94. The lowest BCUT2D eigenvalue weighted by Gasteiger charge is -2.29. The number of anilines is 1. The topological polar surface area (TPSA) is 146 Å². The maximum atomic E-state index is 13.0. The van der Waals surface area contributed by atoms with Gasteiger partial charge < -0.3 is 25.8 Å². The molecule has 30 heavy (non-hydrogen) atoms. The highest BCUT2D eigenvalue weighted by molar-refractivity contribution is 6.06. The van der Waals surface area contributed by atoms with E-state index < -0.39 is 34.3 Å². The summed E-state index contributed by atoms with van der Waals surface area (Å²) in [6.07, 6.45) is 0. The van der Waals surface area contributed by atoms with Gasteiger partial charge in [0, 0.05) is 23.2 Å². The van der Waals surface area contributed by atoms with E-state index in [-0.39, 0.29) is 29.2 Å². The van der Waals surface area contributed by atoms with Crippen LogP contribution in [0.3, 0.4) is 0 Å². The van der Waals surface area contributed by atoms with Crippen LogP contribution in [-0.2, 0) is 4.79 Å². The Morgan fingerprint density at radius 2 is 1.97 bits per heavy atom. The van der Waals surface area contributed by atoms with Crippen molar-refractivity contribution in [3.8, 4) is 11.5 Å². The second kappa shape index (κ2) is 8.52. The molecule has 3 rings (SSSR count). The SMILES string of the molecule is CCOc1cc([C@H]2NC(=O)NC(C)=C2C(=O)Nc2ccccc2)cc([N+](=O)[O-])c1[O-]. The Labute approximate surface area is 171 Å². The predicted octanol–water partition coefficient (Wildman–Crippen LogP) is 2.33. The van der Waals surface area contributed by atoms with Gasteiger partial charge in [0.2, 0.25) is 0 Å². The standard InChI is InChI=1S/C20H20N4O6/c1-3-30-15-10-12(9-14(18(15)25)24(28)29)17-16(11(2)21-20(27)23-17)19(26)22-13-7-5-4-6-8-13/h4-10,17,25H,3H2,1-2H3,(H,22,26)(H2,21,23,27)/p-1/t17-/m1/s1. The van der Waals surface area contributed by atoms with Crippen LogP contribution in [0.25, 0.3) is 0 Å². The molecular weight excluding hydrogens is 392 g/mol. The van der Waals surface area contributed by atoms with E-state index in [9.17, 15) is 24.8 Å². The molecule has 10 nitrogen and oxygen atoms in total. The molecule has 1 heterocycles. The van der Waals surface area contributed by atoms with Crippen LogP contribution in [0.15, 0.2) is 53.7 Å². The molecule has 2 aromatic carbocycles. The zero-order chi connectivity index (χ0) is 21.8. The van der Waals surface area contributed by atoms with Crippen LogP contribution in [0.5, 0.6) is 11.5 Å². The highest BCUT2D eigenvalue weighted by Gasteiger charge is 2.33. The summed E-state index contributed by atoms with van der Waals surface area (Å²) in [5.74, 6) is -1.61. The van der Waals surface area contributed by atoms with Crippen molar-refractivity contribution < 1.29 is 24.4 Å². The fourth-order valence-corrected chi connectivity index (χ4v) is 3.14. The maximum absolute atomic E-state index is 13.0. The largest absolute Gasteiger partial charge is 0.865 e. The molecule has 156 valence electrons. The number of benzene rings is 2. The number of carbonyl (C=O) groups excluding carboxylic acids is 2. The molecule has 0 aromatic heterocycles. The molecule has 1 aliphatic rings. The van der Waals surface area contributed by atoms with Crippen molar-refractivity contribution in [1.82, 2.24) is 10.6 Å². The van der Waals surface area contributed by atoms with Gasteiger partial charge in [-0.25, -0.2) is 4.79 Å². The first kappa shape index (κ1) is 20.6. The van der Waals surface area contributed by atoms with E-state index in [1.807, 2.05) is 0 Å². The number of amides is 3. The average molecular weight is 411 g/mol.